The van der Waals surface area contributed by atoms with Crippen LogP contribution in [-0.4, -0.2) is 140 Å². The zero-order chi connectivity index (χ0) is 54.6. The van der Waals surface area contributed by atoms with Crippen molar-refractivity contribution in [3.05, 3.63) is 12.2 Å². The third kappa shape index (κ3) is 33.2. The van der Waals surface area contributed by atoms with Gasteiger partial charge in [-0.1, -0.05) is 264 Å². The summed E-state index contributed by atoms with van der Waals surface area (Å²) in [6.07, 6.45) is 38.2. The van der Waals surface area contributed by atoms with E-state index in [4.69, 9.17) is 18.9 Å². The zero-order valence-corrected chi connectivity index (χ0v) is 47.8. The molecule has 0 spiro atoms. The van der Waals surface area contributed by atoms with Gasteiger partial charge in [-0.25, -0.2) is 0 Å². The van der Waals surface area contributed by atoms with Crippen molar-refractivity contribution in [2.24, 2.45) is 0 Å². The van der Waals surface area contributed by atoms with E-state index in [1.54, 1.807) is 6.08 Å². The lowest BCUT2D eigenvalue weighted by Crippen LogP contribution is -2.65. The molecule has 444 valence electrons. The second-order valence-corrected chi connectivity index (χ2v) is 22.6. The van der Waals surface area contributed by atoms with Crippen LogP contribution in [0.2, 0.25) is 0 Å². The first-order valence-corrected chi connectivity index (χ1v) is 31.4. The molecule has 2 fully saturated rings. The molecular weight excluding hydrogens is 955 g/mol. The lowest BCUT2D eigenvalue weighted by atomic mass is 9.97. The number of carbonyl (C=O) groups is 1. The van der Waals surface area contributed by atoms with E-state index in [1.165, 1.54) is 212 Å². The third-order valence-corrected chi connectivity index (χ3v) is 15.7. The Balaban J connectivity index is 1.72. The molecule has 0 bridgehead atoms. The van der Waals surface area contributed by atoms with Crippen molar-refractivity contribution in [3.8, 4) is 0 Å². The van der Waals surface area contributed by atoms with Crippen LogP contribution in [-0.2, 0) is 23.7 Å². The molecule has 14 heteroatoms. The predicted octanol–water partition coefficient (Wildman–Crippen LogP) is 11.1. The summed E-state index contributed by atoms with van der Waals surface area (Å²) in [6, 6.07) is -0.909. The fraction of sp³-hybridized carbons (Fsp3) is 0.951. The van der Waals surface area contributed by atoms with Gasteiger partial charge in [-0.05, 0) is 19.3 Å². The molecule has 0 radical (unpaired) electrons. The SMILES string of the molecule is CCCCCCCCCCCCCCCCC/C=C/[C@@H](O)[C@H](CO[C@@H]1O[C@H](CO)[C@@H](O[C@@H]2O[C@H](CO)[C@H](O)C(O)C2O)C(O)C1O)NC(=O)CCCCCCCCCCCCCCCCCCCCCCCCCC. The molecule has 0 aromatic carbocycles. The Morgan fingerprint density at radius 3 is 1.23 bits per heavy atom. The average Bonchev–Trinajstić information content (AvgIpc) is 3.41. The summed E-state index contributed by atoms with van der Waals surface area (Å²) in [4.78, 5) is 13.3. The number of aliphatic hydroxyl groups excluding tert-OH is 8. The Morgan fingerprint density at radius 2 is 0.827 bits per heavy atom. The average molecular weight is 1070 g/mol. The minimum Gasteiger partial charge on any atom is -0.394 e. The number of nitrogens with one attached hydrogen (secondary N) is 1. The minimum atomic E-state index is -1.79. The van der Waals surface area contributed by atoms with Gasteiger partial charge in [-0.2, -0.15) is 0 Å². The minimum absolute atomic E-state index is 0.233. The highest BCUT2D eigenvalue weighted by atomic mass is 16.7. The number of hydrogen-bond donors (Lipinski definition) is 9. The largest absolute Gasteiger partial charge is 0.394 e. The second kappa shape index (κ2) is 47.5. The van der Waals surface area contributed by atoms with Crippen molar-refractivity contribution in [1.29, 1.82) is 0 Å². The van der Waals surface area contributed by atoms with Crippen LogP contribution in [0.5, 0.6) is 0 Å². The topological polar surface area (TPSA) is 228 Å². The van der Waals surface area contributed by atoms with E-state index < -0.39 is 86.8 Å². The summed E-state index contributed by atoms with van der Waals surface area (Å²) in [6.45, 7) is 2.84. The van der Waals surface area contributed by atoms with Crippen LogP contribution in [0.3, 0.4) is 0 Å². The summed E-state index contributed by atoms with van der Waals surface area (Å²) in [5.74, 6) is -0.233. The van der Waals surface area contributed by atoms with Crippen LogP contribution < -0.4 is 5.32 Å². The molecule has 2 heterocycles. The number of aliphatic hydroxyl groups is 8. The molecule has 0 aromatic heterocycles. The number of ether oxygens (including phenoxy) is 4. The van der Waals surface area contributed by atoms with Gasteiger partial charge in [0, 0.05) is 6.42 Å². The first kappa shape index (κ1) is 69.8. The van der Waals surface area contributed by atoms with E-state index in [1.807, 2.05) is 6.08 Å². The van der Waals surface area contributed by atoms with Crippen molar-refractivity contribution >= 4 is 5.91 Å². The Morgan fingerprint density at radius 1 is 0.467 bits per heavy atom. The van der Waals surface area contributed by atoms with Crippen molar-refractivity contribution in [3.63, 3.8) is 0 Å². The predicted molar refractivity (Wildman–Crippen MR) is 300 cm³/mol. The molecule has 2 saturated heterocycles. The third-order valence-electron chi connectivity index (χ3n) is 15.7. The quantitative estimate of drug-likeness (QED) is 0.0204. The molecule has 9 N–H and O–H groups in total. The van der Waals surface area contributed by atoms with Crippen molar-refractivity contribution in [2.45, 2.75) is 351 Å². The molecule has 12 atom stereocenters. The maximum absolute atomic E-state index is 13.3. The van der Waals surface area contributed by atoms with Crippen molar-refractivity contribution in [2.75, 3.05) is 19.8 Å². The maximum atomic E-state index is 13.3. The number of allylic oxidation sites excluding steroid dienone is 1. The van der Waals surface area contributed by atoms with Crippen molar-refractivity contribution < 1.29 is 64.6 Å². The van der Waals surface area contributed by atoms with Crippen LogP contribution in [0.15, 0.2) is 12.2 Å². The molecule has 14 nitrogen and oxygen atoms in total. The van der Waals surface area contributed by atoms with Crippen LogP contribution >= 0.6 is 0 Å². The van der Waals surface area contributed by atoms with E-state index in [-0.39, 0.29) is 18.9 Å². The molecule has 4 unspecified atom stereocenters. The molecule has 0 aliphatic carbocycles. The Labute approximate surface area is 456 Å². The first-order chi connectivity index (χ1) is 36.6. The molecule has 2 rings (SSSR count). The van der Waals surface area contributed by atoms with E-state index in [0.29, 0.717) is 6.42 Å². The Kier molecular flexibility index (Phi) is 44.3. The van der Waals surface area contributed by atoms with E-state index in [2.05, 4.69) is 19.2 Å². The standard InChI is InChI=1S/C61H117NO13/c1-3-5-7-9-11-13-15-17-19-21-22-23-24-25-26-27-29-31-33-35-37-39-41-43-45-53(66)62-49(50(65)44-42-40-38-36-34-32-30-28-20-18-16-14-12-10-8-6-4-2)48-72-60-58(71)56(69)59(52(47-64)74-60)75-61-57(70)55(68)54(67)51(46-63)73-61/h42,44,49-52,54-61,63-65,67-71H,3-41,43,45-48H2,1-2H3,(H,62,66)/b44-42+/t49-,50+,51+,52+,54-,55?,56?,57?,58?,59+,60+,61-/m0/s1. The summed E-state index contributed by atoms with van der Waals surface area (Å²) in [5, 5.41) is 87.2. The highest BCUT2D eigenvalue weighted by Gasteiger charge is 2.51. The number of hydrogen-bond acceptors (Lipinski definition) is 13. The van der Waals surface area contributed by atoms with Gasteiger partial charge in [0.25, 0.3) is 0 Å². The van der Waals surface area contributed by atoms with Gasteiger partial charge >= 0.3 is 0 Å². The van der Waals surface area contributed by atoms with Gasteiger partial charge < -0.3 is 65.1 Å². The van der Waals surface area contributed by atoms with Crippen LogP contribution in [0.1, 0.15) is 277 Å². The summed E-state index contributed by atoms with van der Waals surface area (Å²) in [5.41, 5.74) is 0. The van der Waals surface area contributed by atoms with Gasteiger partial charge in [0.1, 0.15) is 48.8 Å². The summed E-state index contributed by atoms with van der Waals surface area (Å²) in [7, 11) is 0. The summed E-state index contributed by atoms with van der Waals surface area (Å²) < 4.78 is 22.8. The monoisotopic (exact) mass is 1070 g/mol. The van der Waals surface area contributed by atoms with E-state index in [0.717, 1.165) is 38.5 Å². The number of rotatable bonds is 51. The fourth-order valence-electron chi connectivity index (χ4n) is 10.6. The second-order valence-electron chi connectivity index (χ2n) is 22.6. The molecule has 2 aliphatic rings. The highest BCUT2D eigenvalue weighted by Crippen LogP contribution is 2.30. The fourth-order valence-corrected chi connectivity index (χ4v) is 10.6. The van der Waals surface area contributed by atoms with Gasteiger partial charge in [-0.15, -0.1) is 0 Å². The first-order valence-electron chi connectivity index (χ1n) is 31.4. The number of amides is 1. The Bertz CT molecular complexity index is 1310. The van der Waals surface area contributed by atoms with Crippen LogP contribution in [0.25, 0.3) is 0 Å². The molecule has 1 amide bonds. The summed E-state index contributed by atoms with van der Waals surface area (Å²) >= 11 is 0. The lowest BCUT2D eigenvalue weighted by molar-refractivity contribution is -0.359. The smallest absolute Gasteiger partial charge is 0.220 e. The van der Waals surface area contributed by atoms with Gasteiger partial charge in [0.15, 0.2) is 12.6 Å². The van der Waals surface area contributed by atoms with E-state index >= 15 is 0 Å². The molecule has 0 saturated carbocycles. The molecule has 75 heavy (non-hydrogen) atoms. The normalized spacial score (nSPS) is 25.0. The highest BCUT2D eigenvalue weighted by molar-refractivity contribution is 5.76. The van der Waals surface area contributed by atoms with Crippen molar-refractivity contribution in [1.82, 2.24) is 5.32 Å². The number of unbranched alkanes of at least 4 members (excludes halogenated alkanes) is 38. The van der Waals surface area contributed by atoms with Gasteiger partial charge in [0.05, 0.1) is 32.0 Å². The number of carbonyl (C=O) groups excluding carboxylic acids is 1. The van der Waals surface area contributed by atoms with Crippen LogP contribution in [0, 0.1) is 0 Å². The lowest BCUT2D eigenvalue weighted by Gasteiger charge is -2.46. The van der Waals surface area contributed by atoms with Crippen LogP contribution in [0.4, 0.5) is 0 Å². The molecular formula is C61H117NO13. The maximum Gasteiger partial charge on any atom is 0.220 e. The van der Waals surface area contributed by atoms with Gasteiger partial charge in [0.2, 0.25) is 5.91 Å². The van der Waals surface area contributed by atoms with E-state index in [9.17, 15) is 45.6 Å². The molecule has 0 aromatic rings. The Hall–Kier alpha value is -1.27. The van der Waals surface area contributed by atoms with Gasteiger partial charge in [-0.3, -0.25) is 4.79 Å². The zero-order valence-electron chi connectivity index (χ0n) is 47.8. The molecule has 2 aliphatic heterocycles.